The van der Waals surface area contributed by atoms with Crippen LogP contribution in [0.25, 0.3) is 0 Å². The largest absolute Gasteiger partial charge is 0.382 e. The lowest BCUT2D eigenvalue weighted by Crippen LogP contribution is -2.63. The average Bonchev–Trinajstić information content (AvgIpc) is 3.15. The van der Waals surface area contributed by atoms with Gasteiger partial charge in [-0.05, 0) is 16.7 Å². The number of rotatable bonds is 18. The van der Waals surface area contributed by atoms with Gasteiger partial charge < -0.3 is 52.1 Å². The van der Waals surface area contributed by atoms with Gasteiger partial charge in [0.25, 0.3) is 0 Å². The van der Waals surface area contributed by atoms with Crippen LogP contribution in [-0.2, 0) is 71.9 Å². The Labute approximate surface area is 289 Å². The van der Waals surface area contributed by atoms with Gasteiger partial charge in [-0.1, -0.05) is 91.0 Å². The zero-order valence-electron chi connectivity index (χ0n) is 29.0. The molecule has 268 valence electrons. The lowest BCUT2D eigenvalue weighted by atomic mass is 9.97. The quantitative estimate of drug-likeness (QED) is 0.189. The molecule has 0 saturated carbocycles. The van der Waals surface area contributed by atoms with Crippen molar-refractivity contribution in [1.29, 1.82) is 0 Å². The van der Waals surface area contributed by atoms with E-state index in [0.29, 0.717) is 19.8 Å². The monoisotopic (exact) mass is 682 g/mol. The average molecular weight is 683 g/mol. The third-order valence-corrected chi connectivity index (χ3v) is 8.84. The predicted octanol–water partition coefficient (Wildman–Crippen LogP) is 4.55. The Morgan fingerprint density at radius 1 is 0.408 bits per heavy atom. The van der Waals surface area contributed by atoms with Crippen LogP contribution in [0.4, 0.5) is 0 Å². The van der Waals surface area contributed by atoms with Crippen molar-refractivity contribution in [2.75, 3.05) is 48.8 Å². The van der Waals surface area contributed by atoms with E-state index < -0.39 is 61.4 Å². The fourth-order valence-electron chi connectivity index (χ4n) is 6.37. The molecule has 49 heavy (non-hydrogen) atoms. The fraction of sp³-hybridized carbons (Fsp3) is 0.526. The molecule has 0 bridgehead atoms. The normalized spacial score (nSPS) is 30.3. The summed E-state index contributed by atoms with van der Waals surface area (Å²) in [5.41, 5.74) is 3.03. The summed E-state index contributed by atoms with van der Waals surface area (Å²) in [6.07, 6.45) is -6.07. The molecular formula is C38H50O11. The second-order valence-electron chi connectivity index (χ2n) is 12.0. The van der Waals surface area contributed by atoms with E-state index in [0.717, 1.165) is 16.7 Å². The minimum atomic E-state index is -0.823. The van der Waals surface area contributed by atoms with E-state index in [-0.39, 0.29) is 13.2 Å². The van der Waals surface area contributed by atoms with E-state index in [1.54, 1.807) is 35.5 Å². The Bertz CT molecular complexity index is 1320. The summed E-state index contributed by atoms with van der Waals surface area (Å²) in [7, 11) is 8.01. The van der Waals surface area contributed by atoms with E-state index in [9.17, 15) is 0 Å². The molecule has 2 heterocycles. The highest BCUT2D eigenvalue weighted by molar-refractivity contribution is 5.16. The van der Waals surface area contributed by atoms with Crippen molar-refractivity contribution in [2.24, 2.45) is 0 Å². The van der Waals surface area contributed by atoms with Crippen LogP contribution in [-0.4, -0.2) is 110 Å². The molecule has 0 aliphatic carbocycles. The molecule has 0 unspecified atom stereocenters. The first-order chi connectivity index (χ1) is 24.1. The summed E-state index contributed by atoms with van der Waals surface area (Å²) in [5, 5.41) is 0. The van der Waals surface area contributed by atoms with Crippen molar-refractivity contribution in [3.8, 4) is 0 Å². The molecule has 3 aromatic rings. The SMILES string of the molecule is COC[C@H]1O[C@@H](OC[C@H]2O[C@H](OC)[C@H](OCc3ccccc3)[C@@H](OCc3ccccc3)[C@@H]2OCc2ccccc2)[C@H](OC)[C@@H](OC)[C@H]1OC. The molecule has 2 aliphatic heterocycles. The van der Waals surface area contributed by atoms with Crippen LogP contribution in [0.2, 0.25) is 0 Å². The highest BCUT2D eigenvalue weighted by Gasteiger charge is 2.51. The van der Waals surface area contributed by atoms with Gasteiger partial charge >= 0.3 is 0 Å². The fourth-order valence-corrected chi connectivity index (χ4v) is 6.37. The van der Waals surface area contributed by atoms with Crippen LogP contribution in [0.3, 0.4) is 0 Å². The van der Waals surface area contributed by atoms with Gasteiger partial charge in [-0.2, -0.15) is 0 Å². The lowest BCUT2D eigenvalue weighted by molar-refractivity contribution is -0.345. The summed E-state index contributed by atoms with van der Waals surface area (Å²) in [5.74, 6) is 0. The predicted molar refractivity (Wildman–Crippen MR) is 180 cm³/mol. The molecular weight excluding hydrogens is 632 g/mol. The summed E-state index contributed by atoms with van der Waals surface area (Å²) in [6, 6.07) is 29.9. The molecule has 10 atom stereocenters. The third kappa shape index (κ3) is 9.93. The van der Waals surface area contributed by atoms with Crippen molar-refractivity contribution >= 4 is 0 Å². The Morgan fingerprint density at radius 3 is 1.33 bits per heavy atom. The standard InChI is InChI=1S/C38H50O11/c1-39-24-29-31(40-2)33(41-3)35(42-4)38(49-29)47-25-30-32(44-21-26-15-9-6-10-16-26)34(45-22-27-17-11-7-12-18-27)36(37(43-5)48-30)46-23-28-19-13-8-14-20-28/h6-20,29-38H,21-25H2,1-5H3/t29-,30-,31+,32-,33+,34+,35-,36-,37+,38-/m1/s1. The van der Waals surface area contributed by atoms with Crippen molar-refractivity contribution in [1.82, 2.24) is 0 Å². The van der Waals surface area contributed by atoms with Crippen LogP contribution < -0.4 is 0 Å². The summed E-state index contributed by atoms with van der Waals surface area (Å²) >= 11 is 0. The van der Waals surface area contributed by atoms with Crippen molar-refractivity contribution in [2.45, 2.75) is 81.2 Å². The summed E-state index contributed by atoms with van der Waals surface area (Å²) in [6.45, 7) is 1.32. The molecule has 2 aliphatic rings. The van der Waals surface area contributed by atoms with Gasteiger partial charge in [-0.15, -0.1) is 0 Å². The zero-order chi connectivity index (χ0) is 34.4. The maximum atomic E-state index is 6.71. The van der Waals surface area contributed by atoms with E-state index >= 15 is 0 Å². The van der Waals surface area contributed by atoms with E-state index in [1.807, 2.05) is 91.0 Å². The van der Waals surface area contributed by atoms with E-state index in [2.05, 4.69) is 0 Å². The topological polar surface area (TPSA) is 102 Å². The van der Waals surface area contributed by atoms with Gasteiger partial charge in [-0.3, -0.25) is 0 Å². The van der Waals surface area contributed by atoms with Gasteiger partial charge in [0.2, 0.25) is 0 Å². The number of ether oxygens (including phenoxy) is 11. The maximum Gasteiger partial charge on any atom is 0.187 e. The maximum absolute atomic E-state index is 6.71. The molecule has 11 nitrogen and oxygen atoms in total. The molecule has 2 fully saturated rings. The number of benzene rings is 3. The Morgan fingerprint density at radius 2 is 0.857 bits per heavy atom. The van der Waals surface area contributed by atoms with Gasteiger partial charge in [-0.25, -0.2) is 0 Å². The van der Waals surface area contributed by atoms with Gasteiger partial charge in [0.1, 0.15) is 48.8 Å². The number of methoxy groups -OCH3 is 5. The Kier molecular flexibility index (Phi) is 15.0. The molecule has 0 aromatic heterocycles. The van der Waals surface area contributed by atoms with Crippen LogP contribution >= 0.6 is 0 Å². The molecule has 0 amide bonds. The van der Waals surface area contributed by atoms with Gasteiger partial charge in [0.15, 0.2) is 12.6 Å². The van der Waals surface area contributed by atoms with E-state index in [1.165, 1.54) is 0 Å². The van der Waals surface area contributed by atoms with E-state index in [4.69, 9.17) is 52.1 Å². The summed E-state index contributed by atoms with van der Waals surface area (Å²) < 4.78 is 68.1. The Hall–Kier alpha value is -2.78. The van der Waals surface area contributed by atoms with Gasteiger partial charge in [0, 0.05) is 35.5 Å². The second-order valence-corrected chi connectivity index (χ2v) is 12.0. The number of hydrogen-bond acceptors (Lipinski definition) is 11. The van der Waals surface area contributed by atoms with Crippen molar-refractivity contribution < 1.29 is 52.1 Å². The first kappa shape index (κ1) is 37.5. The van der Waals surface area contributed by atoms with Crippen molar-refractivity contribution in [3.05, 3.63) is 108 Å². The smallest absolute Gasteiger partial charge is 0.187 e. The second kappa shape index (κ2) is 19.6. The first-order valence-corrected chi connectivity index (χ1v) is 16.6. The molecule has 3 aromatic carbocycles. The lowest BCUT2D eigenvalue weighted by Gasteiger charge is -2.47. The Balaban J connectivity index is 1.42. The number of hydrogen-bond donors (Lipinski definition) is 0. The highest BCUT2D eigenvalue weighted by atomic mass is 16.7. The molecule has 0 spiro atoms. The van der Waals surface area contributed by atoms with Crippen molar-refractivity contribution in [3.63, 3.8) is 0 Å². The minimum absolute atomic E-state index is 0.0637. The zero-order valence-corrected chi connectivity index (χ0v) is 29.0. The first-order valence-electron chi connectivity index (χ1n) is 16.6. The molecule has 0 N–H and O–H groups in total. The highest BCUT2D eigenvalue weighted by Crippen LogP contribution is 2.33. The van der Waals surface area contributed by atoms with Crippen LogP contribution in [0, 0.1) is 0 Å². The molecule has 11 heteroatoms. The molecule has 5 rings (SSSR count). The summed E-state index contributed by atoms with van der Waals surface area (Å²) in [4.78, 5) is 0. The third-order valence-electron chi connectivity index (χ3n) is 8.84. The van der Waals surface area contributed by atoms with Crippen LogP contribution in [0.1, 0.15) is 16.7 Å². The minimum Gasteiger partial charge on any atom is -0.382 e. The molecule has 2 saturated heterocycles. The van der Waals surface area contributed by atoms with Crippen LogP contribution in [0.15, 0.2) is 91.0 Å². The van der Waals surface area contributed by atoms with Crippen LogP contribution in [0.5, 0.6) is 0 Å². The van der Waals surface area contributed by atoms with Gasteiger partial charge in [0.05, 0.1) is 33.0 Å². The molecule has 0 radical (unpaired) electrons.